The molecule has 1 aromatic carbocycles. The third kappa shape index (κ3) is 11.0. The number of hydrogen-bond acceptors (Lipinski definition) is 4. The molecule has 17 heavy (non-hydrogen) atoms. The predicted octanol–water partition coefficient (Wildman–Crippen LogP) is 2.26. The molecule has 0 spiro atoms. The molecule has 6 heteroatoms. The van der Waals surface area contributed by atoms with Crippen LogP contribution in [0.4, 0.5) is 5.69 Å². The second-order valence-corrected chi connectivity index (χ2v) is 3.81. The van der Waals surface area contributed by atoms with Crippen LogP contribution in [-0.4, -0.2) is 17.0 Å². The van der Waals surface area contributed by atoms with Crippen molar-refractivity contribution in [3.05, 3.63) is 40.4 Å². The van der Waals surface area contributed by atoms with Crippen molar-refractivity contribution in [3.63, 3.8) is 0 Å². The Bertz CT molecular complexity index is 335. The Kier molecular flexibility index (Phi) is 9.48. The van der Waals surface area contributed by atoms with Gasteiger partial charge in [-0.15, -0.1) is 0 Å². The molecule has 0 amide bonds. The summed E-state index contributed by atoms with van der Waals surface area (Å²) in [6.45, 7) is 6.73. The molecule has 1 aromatic rings. The van der Waals surface area contributed by atoms with Gasteiger partial charge in [-0.05, 0) is 20.8 Å². The largest absolute Gasteiger partial charge is 2.00 e. The summed E-state index contributed by atoms with van der Waals surface area (Å²) in [5, 5.41) is 9.99. The second-order valence-electron chi connectivity index (χ2n) is 3.81. The molecule has 0 radical (unpaired) electrons. The molecule has 0 aliphatic carbocycles. The summed E-state index contributed by atoms with van der Waals surface area (Å²) in [5.41, 5.74) is -0.268. The first-order valence-corrected chi connectivity index (χ1v) is 4.52. The normalized spacial score (nSPS) is 9.12. The third-order valence-electron chi connectivity index (χ3n) is 1.26. The fourth-order valence-electron chi connectivity index (χ4n) is 0.625. The number of non-ortho nitro benzene ring substituents is 1. The van der Waals surface area contributed by atoms with Crippen LogP contribution in [0.1, 0.15) is 20.8 Å². The predicted molar refractivity (Wildman–Crippen MR) is 58.5 cm³/mol. The van der Waals surface area contributed by atoms with Gasteiger partial charge in [-0.25, -0.2) is 0 Å². The minimum absolute atomic E-state index is 0. The zero-order chi connectivity index (χ0) is 12.6. The number of benzene rings is 1. The number of nitro benzene ring substituents is 1. The molecule has 0 bridgehead atoms. The van der Waals surface area contributed by atoms with E-state index in [0.29, 0.717) is 0 Å². The van der Waals surface area contributed by atoms with Crippen molar-refractivity contribution in [2.75, 3.05) is 0 Å². The quantitative estimate of drug-likeness (QED) is 0.429. The molecule has 0 atom stereocenters. The van der Waals surface area contributed by atoms with Gasteiger partial charge in [0.1, 0.15) is 0 Å². The van der Waals surface area contributed by atoms with Crippen LogP contribution in [0.15, 0.2) is 24.3 Å². The minimum atomic E-state index is -0.437. The van der Waals surface area contributed by atoms with E-state index in [4.69, 9.17) is 0 Å². The Balaban J connectivity index is 0. The van der Waals surface area contributed by atoms with Crippen molar-refractivity contribution in [1.82, 2.24) is 0 Å². The van der Waals surface area contributed by atoms with Gasteiger partial charge in [-0.1, -0.05) is 18.6 Å². The van der Waals surface area contributed by atoms with Crippen molar-refractivity contribution in [2.24, 2.45) is 0 Å². The zero-order valence-corrected chi connectivity index (χ0v) is 12.7. The summed E-state index contributed by atoms with van der Waals surface area (Å²) in [5.74, 6) is 0. The summed E-state index contributed by atoms with van der Waals surface area (Å²) in [4.78, 5) is 19.0. The first-order chi connectivity index (χ1) is 7.37. The molecule has 0 fully saturated rings. The topological polar surface area (TPSA) is 69.4 Å². The van der Waals surface area contributed by atoms with E-state index >= 15 is 0 Å². The van der Waals surface area contributed by atoms with Crippen LogP contribution in [0.5, 0.6) is 0 Å². The molecule has 0 saturated carbocycles. The van der Waals surface area contributed by atoms with E-state index in [9.17, 15) is 14.9 Å². The van der Waals surface area contributed by atoms with Gasteiger partial charge in [0.25, 0.3) is 0 Å². The van der Waals surface area contributed by atoms with Crippen molar-refractivity contribution in [1.29, 1.82) is 0 Å². The maximum atomic E-state index is 9.99. The number of hydrogen-bond donors (Lipinski definition) is 0. The van der Waals surface area contributed by atoms with Crippen molar-refractivity contribution >= 4 is 12.2 Å². The maximum absolute atomic E-state index is 9.99. The maximum Gasteiger partial charge on any atom is 2.00 e. The Morgan fingerprint density at radius 1 is 1.35 bits per heavy atom. The van der Waals surface area contributed by atoms with Gasteiger partial charge >= 0.3 is 21.1 Å². The number of ether oxygens (including phenoxy) is 1. The van der Waals surface area contributed by atoms with Crippen molar-refractivity contribution < 1.29 is 35.5 Å². The Labute approximate surface area is 115 Å². The standard InChI is InChI=1S/C6H4NO2.C5H9O2.W/c8-7(9)6-4-2-1-3-5-6;1-5(2,3)7-4-6;/h2-5H;1-3H3;/q2*-1;+2. The van der Waals surface area contributed by atoms with E-state index in [1.54, 1.807) is 20.8 Å². The van der Waals surface area contributed by atoms with E-state index < -0.39 is 4.92 Å². The van der Waals surface area contributed by atoms with Gasteiger partial charge in [0.15, 0.2) is 5.69 Å². The van der Waals surface area contributed by atoms with E-state index in [2.05, 4.69) is 10.8 Å². The first-order valence-electron chi connectivity index (χ1n) is 4.52. The molecule has 5 nitrogen and oxygen atoms in total. The average molecular weight is 407 g/mol. The summed E-state index contributed by atoms with van der Waals surface area (Å²) >= 11 is 0. The van der Waals surface area contributed by atoms with Gasteiger partial charge in [0, 0.05) is 4.92 Å². The molecule has 0 aliphatic rings. The second kappa shape index (κ2) is 8.88. The number of nitro groups is 1. The van der Waals surface area contributed by atoms with Crippen molar-refractivity contribution in [2.45, 2.75) is 26.4 Å². The summed E-state index contributed by atoms with van der Waals surface area (Å²) in [6.07, 6.45) is 0. The van der Waals surface area contributed by atoms with Crippen LogP contribution < -0.4 is 0 Å². The van der Waals surface area contributed by atoms with Gasteiger partial charge in [0.2, 0.25) is 0 Å². The molecule has 0 N–H and O–H groups in total. The molecule has 0 heterocycles. The Hall–Kier alpha value is -1.22. The molecule has 0 aromatic heterocycles. The summed E-state index contributed by atoms with van der Waals surface area (Å²) < 4.78 is 4.42. The van der Waals surface area contributed by atoms with Gasteiger partial charge < -0.3 is 9.53 Å². The molecule has 0 saturated heterocycles. The monoisotopic (exact) mass is 407 g/mol. The molecule has 0 unspecified atom stereocenters. The molecule has 92 valence electrons. The smallest absolute Gasteiger partial charge is 0.649 e. The van der Waals surface area contributed by atoms with Gasteiger partial charge in [-0.3, -0.25) is 10.1 Å². The molecular formula is C11H13NO4W. The average Bonchev–Trinajstić information content (AvgIpc) is 2.18. The minimum Gasteiger partial charge on any atom is -0.649 e. The summed E-state index contributed by atoms with van der Waals surface area (Å²) in [7, 11) is 0. The van der Waals surface area contributed by atoms with Crippen LogP contribution in [0.25, 0.3) is 0 Å². The molecular weight excluding hydrogens is 394 g/mol. The van der Waals surface area contributed by atoms with Crippen LogP contribution in [0.2, 0.25) is 0 Å². The van der Waals surface area contributed by atoms with Crippen LogP contribution in [0.3, 0.4) is 0 Å². The zero-order valence-electron chi connectivity index (χ0n) is 9.80. The number of rotatable bonds is 2. The van der Waals surface area contributed by atoms with Crippen LogP contribution in [-0.2, 0) is 30.6 Å². The van der Waals surface area contributed by atoms with E-state index in [-0.39, 0.29) is 32.4 Å². The Morgan fingerprint density at radius 3 is 2.00 bits per heavy atom. The Morgan fingerprint density at radius 2 is 1.82 bits per heavy atom. The molecule has 1 rings (SSSR count). The van der Waals surface area contributed by atoms with E-state index in [1.807, 2.05) is 0 Å². The molecule has 0 aliphatic heterocycles. The van der Waals surface area contributed by atoms with Crippen LogP contribution >= 0.6 is 0 Å². The number of nitrogens with zero attached hydrogens (tertiary/aromatic N) is 1. The SMILES string of the molecule is CC(C)(C)O[C-]=O.O=[N+]([O-])c1cc[c-]cc1.[W+2]. The van der Waals surface area contributed by atoms with E-state index in [0.717, 1.165) is 0 Å². The fraction of sp³-hybridized carbons (Fsp3) is 0.364. The van der Waals surface area contributed by atoms with Crippen molar-refractivity contribution in [3.8, 4) is 0 Å². The van der Waals surface area contributed by atoms with Gasteiger partial charge in [0.05, 0.1) is 5.60 Å². The van der Waals surface area contributed by atoms with Crippen LogP contribution in [0, 0.1) is 16.2 Å². The number of carbonyl (C=O) groups excluding carboxylic acids is 1. The third-order valence-corrected chi connectivity index (χ3v) is 1.26. The summed E-state index contributed by atoms with van der Waals surface area (Å²) in [6, 6.07) is 8.51. The fourth-order valence-corrected chi connectivity index (χ4v) is 0.625. The first kappa shape index (κ1) is 18.2. The van der Waals surface area contributed by atoms with E-state index in [1.165, 1.54) is 30.7 Å². The van der Waals surface area contributed by atoms with Gasteiger partial charge in [-0.2, -0.15) is 18.2 Å².